The van der Waals surface area contributed by atoms with Crippen molar-refractivity contribution in [2.45, 2.75) is 13.8 Å². The Kier molecular flexibility index (Phi) is 7.01. The van der Waals surface area contributed by atoms with Crippen LogP contribution >= 0.6 is 0 Å². The maximum atomic E-state index is 10.0. The number of aromatic nitrogens is 2. The van der Waals surface area contributed by atoms with Crippen LogP contribution in [-0.4, -0.2) is 20.4 Å². The van der Waals surface area contributed by atoms with Crippen molar-refractivity contribution in [3.05, 3.63) is 96.8 Å². The Morgan fingerprint density at radius 3 is 2.39 bits per heavy atom. The molecule has 5 heteroatoms. The third-order valence-electron chi connectivity index (χ3n) is 4.72. The number of nitrogens with zero attached hydrogens (tertiary/aromatic N) is 2. The third-order valence-corrected chi connectivity index (χ3v) is 4.72. The number of hydrogen-bond acceptors (Lipinski definition) is 3. The van der Waals surface area contributed by atoms with Gasteiger partial charge in [0.15, 0.2) is 5.78 Å². The molecular weight excluding hydrogens is 565 g/mol. The van der Waals surface area contributed by atoms with Crippen LogP contribution in [-0.2, 0) is 24.9 Å². The molecule has 0 atom stereocenters. The van der Waals surface area contributed by atoms with Crippen LogP contribution in [0.25, 0.3) is 38.5 Å². The number of aliphatic hydroxyl groups excluding tert-OH is 1. The van der Waals surface area contributed by atoms with E-state index in [1.54, 1.807) is 0 Å². The molecule has 0 saturated heterocycles. The van der Waals surface area contributed by atoms with Gasteiger partial charge in [0.1, 0.15) is 5.82 Å². The number of para-hydroxylation sites is 3. The number of fused-ring (bicyclic) bond motifs is 4. The van der Waals surface area contributed by atoms with E-state index in [9.17, 15) is 4.79 Å². The molecule has 5 rings (SSSR count). The van der Waals surface area contributed by atoms with Crippen LogP contribution in [0.3, 0.4) is 0 Å². The second kappa shape index (κ2) is 9.69. The molecule has 4 nitrogen and oxygen atoms in total. The average molecular weight is 586 g/mol. The number of aliphatic hydroxyl groups is 1. The molecule has 0 aliphatic rings. The predicted molar refractivity (Wildman–Crippen MR) is 122 cm³/mol. The van der Waals surface area contributed by atoms with E-state index in [4.69, 9.17) is 10.1 Å². The van der Waals surface area contributed by atoms with E-state index in [1.165, 1.54) is 30.7 Å². The van der Waals surface area contributed by atoms with E-state index in [0.29, 0.717) is 0 Å². The fourth-order valence-corrected chi connectivity index (χ4v) is 3.56. The minimum atomic E-state index is -0.125. The quantitative estimate of drug-likeness (QED) is 0.153. The second-order valence-corrected chi connectivity index (χ2v) is 7.04. The molecule has 2 aromatic heterocycles. The van der Waals surface area contributed by atoms with Crippen LogP contribution in [0.5, 0.6) is 0 Å². The molecule has 0 spiro atoms. The minimum Gasteiger partial charge on any atom is -0.512 e. The zero-order valence-corrected chi connectivity index (χ0v) is 19.6. The number of carbonyl (C=O) groups excluding carboxylic acids is 1. The maximum Gasteiger partial charge on any atom is 0.155 e. The Balaban J connectivity index is 0.000000299. The molecule has 0 fully saturated rings. The first kappa shape index (κ1) is 22.4. The Labute approximate surface area is 194 Å². The SMILES string of the molecule is CC(=O)/C=C(/C)O.[Ir].[c-]1cccc2c3ccccc3n(-c3ccc4ccccc4n3)c12. The molecular formula is C26H21IrN2O2-. The molecule has 2 heterocycles. The van der Waals surface area contributed by atoms with Gasteiger partial charge >= 0.3 is 0 Å². The number of hydrogen-bond donors (Lipinski definition) is 1. The largest absolute Gasteiger partial charge is 0.512 e. The Morgan fingerprint density at radius 2 is 1.65 bits per heavy atom. The van der Waals surface area contributed by atoms with E-state index < -0.39 is 0 Å². The van der Waals surface area contributed by atoms with Crippen LogP contribution in [0.4, 0.5) is 0 Å². The Hall–Kier alpha value is -3.27. The number of allylic oxidation sites excluding steroid dienone is 2. The molecule has 1 radical (unpaired) electrons. The first-order valence-electron chi connectivity index (χ1n) is 9.68. The first-order valence-corrected chi connectivity index (χ1v) is 9.68. The molecule has 157 valence electrons. The van der Waals surface area contributed by atoms with E-state index in [2.05, 4.69) is 65.2 Å². The fourth-order valence-electron chi connectivity index (χ4n) is 3.56. The van der Waals surface area contributed by atoms with Crippen molar-refractivity contribution in [1.29, 1.82) is 0 Å². The summed E-state index contributed by atoms with van der Waals surface area (Å²) >= 11 is 0. The number of pyridine rings is 1. The normalized spacial score (nSPS) is 11.1. The average Bonchev–Trinajstić information content (AvgIpc) is 3.07. The van der Waals surface area contributed by atoms with Crippen molar-refractivity contribution >= 4 is 38.5 Å². The molecule has 5 aromatic rings. The van der Waals surface area contributed by atoms with Gasteiger partial charge < -0.3 is 9.67 Å². The van der Waals surface area contributed by atoms with Crippen LogP contribution in [0.1, 0.15) is 13.8 Å². The summed E-state index contributed by atoms with van der Waals surface area (Å²) in [7, 11) is 0. The van der Waals surface area contributed by atoms with Crippen LogP contribution in [0.2, 0.25) is 0 Å². The standard InChI is InChI=1S/C21H13N2.C5H8O2.Ir/c1-4-10-18-15(7-1)13-14-21(22-18)23-19-11-5-2-8-16(19)17-9-3-6-12-20(17)23;1-4(6)3-5(2)7;/h1-11,13-14H;3,6H,1-2H3;/q-1;;/b;4-3-;. The first-order chi connectivity index (χ1) is 14.5. The van der Waals surface area contributed by atoms with Crippen molar-refractivity contribution in [1.82, 2.24) is 9.55 Å². The number of rotatable bonds is 2. The van der Waals surface area contributed by atoms with Gasteiger partial charge in [-0.15, -0.1) is 5.39 Å². The van der Waals surface area contributed by atoms with Gasteiger partial charge in [0.2, 0.25) is 0 Å². The molecule has 31 heavy (non-hydrogen) atoms. The summed E-state index contributed by atoms with van der Waals surface area (Å²) < 4.78 is 2.19. The molecule has 0 bridgehead atoms. The molecule has 0 amide bonds. The summed E-state index contributed by atoms with van der Waals surface area (Å²) in [5, 5.41) is 12.0. The maximum absolute atomic E-state index is 10.0. The molecule has 0 unspecified atom stereocenters. The molecule has 3 aromatic carbocycles. The van der Waals surface area contributed by atoms with Crippen molar-refractivity contribution < 1.29 is 30.0 Å². The van der Waals surface area contributed by atoms with Gasteiger partial charge in [-0.05, 0) is 43.5 Å². The van der Waals surface area contributed by atoms with Gasteiger partial charge in [0, 0.05) is 37.1 Å². The van der Waals surface area contributed by atoms with Crippen molar-refractivity contribution in [3.8, 4) is 5.82 Å². The molecule has 0 saturated carbocycles. The van der Waals surface area contributed by atoms with Gasteiger partial charge in [0.25, 0.3) is 0 Å². The van der Waals surface area contributed by atoms with Crippen molar-refractivity contribution in [2.24, 2.45) is 0 Å². The smallest absolute Gasteiger partial charge is 0.155 e. The van der Waals surface area contributed by atoms with Crippen LogP contribution < -0.4 is 0 Å². The summed E-state index contributed by atoms with van der Waals surface area (Å²) in [4.78, 5) is 14.9. The van der Waals surface area contributed by atoms with Crippen molar-refractivity contribution in [2.75, 3.05) is 0 Å². The van der Waals surface area contributed by atoms with E-state index in [1.807, 2.05) is 24.3 Å². The zero-order valence-electron chi connectivity index (χ0n) is 17.2. The molecule has 0 aliphatic carbocycles. The van der Waals surface area contributed by atoms with Gasteiger partial charge in [-0.1, -0.05) is 41.9 Å². The van der Waals surface area contributed by atoms with E-state index in [0.717, 1.165) is 27.8 Å². The monoisotopic (exact) mass is 586 g/mol. The van der Waals surface area contributed by atoms with Gasteiger partial charge in [-0.25, -0.2) is 4.98 Å². The van der Waals surface area contributed by atoms with E-state index >= 15 is 0 Å². The number of carbonyl (C=O) groups is 1. The van der Waals surface area contributed by atoms with Crippen LogP contribution in [0.15, 0.2) is 90.7 Å². The summed E-state index contributed by atoms with van der Waals surface area (Å²) in [6.07, 6.45) is 1.17. The van der Waals surface area contributed by atoms with Crippen molar-refractivity contribution in [3.63, 3.8) is 0 Å². The van der Waals surface area contributed by atoms with Gasteiger partial charge in [-0.3, -0.25) is 4.79 Å². The number of ketones is 1. The van der Waals surface area contributed by atoms with Crippen LogP contribution in [0, 0.1) is 6.07 Å². The summed E-state index contributed by atoms with van der Waals surface area (Å²) in [6.45, 7) is 2.85. The Morgan fingerprint density at radius 1 is 0.935 bits per heavy atom. The van der Waals surface area contributed by atoms with Gasteiger partial charge in [0.05, 0.1) is 11.3 Å². The predicted octanol–water partition coefficient (Wildman–Crippen LogP) is 6.17. The third kappa shape index (κ3) is 4.74. The fraction of sp³-hybridized carbons (Fsp3) is 0.0769. The van der Waals surface area contributed by atoms with E-state index in [-0.39, 0.29) is 31.6 Å². The topological polar surface area (TPSA) is 55.1 Å². The summed E-state index contributed by atoms with van der Waals surface area (Å²) in [5.74, 6) is 0.866. The molecule has 0 aliphatic heterocycles. The Bertz CT molecular complexity index is 1350. The van der Waals surface area contributed by atoms with Gasteiger partial charge in [-0.2, -0.15) is 24.3 Å². The summed E-state index contributed by atoms with van der Waals surface area (Å²) in [6, 6.07) is 30.4. The molecule has 1 N–H and O–H groups in total. The second-order valence-electron chi connectivity index (χ2n) is 7.04. The minimum absolute atomic E-state index is 0. The zero-order chi connectivity index (χ0) is 21.1. The number of benzene rings is 3. The summed E-state index contributed by atoms with van der Waals surface area (Å²) in [5.41, 5.74) is 3.23.